The van der Waals surface area contributed by atoms with Crippen molar-refractivity contribution < 1.29 is 4.79 Å². The summed E-state index contributed by atoms with van der Waals surface area (Å²) in [6.07, 6.45) is 2.17. The van der Waals surface area contributed by atoms with E-state index >= 15 is 0 Å². The topological polar surface area (TPSA) is 46.9 Å². The van der Waals surface area contributed by atoms with Crippen LogP contribution in [0, 0.1) is 0 Å². The summed E-state index contributed by atoms with van der Waals surface area (Å²) in [5.41, 5.74) is 0.673. The van der Waals surface area contributed by atoms with E-state index in [0.29, 0.717) is 18.7 Å². The van der Waals surface area contributed by atoms with E-state index in [0.717, 1.165) is 11.0 Å². The fourth-order valence-electron chi connectivity index (χ4n) is 1.67. The zero-order valence-corrected chi connectivity index (χ0v) is 11.5. The summed E-state index contributed by atoms with van der Waals surface area (Å²) in [5.74, 6) is 0.125. The van der Waals surface area contributed by atoms with E-state index in [4.69, 9.17) is 0 Å². The maximum Gasteiger partial charge on any atom is 0.183 e. The largest absolute Gasteiger partial charge is 0.314 e. The van der Waals surface area contributed by atoms with Gasteiger partial charge in [-0.1, -0.05) is 6.92 Å². The van der Waals surface area contributed by atoms with Crippen molar-refractivity contribution in [1.29, 1.82) is 0 Å². The molecule has 0 aliphatic carbocycles. The van der Waals surface area contributed by atoms with Gasteiger partial charge in [-0.25, -0.2) is 0 Å². The van der Waals surface area contributed by atoms with Gasteiger partial charge in [0.1, 0.15) is 5.69 Å². The molecule has 1 N–H and O–H groups in total. The Hall–Kier alpha value is -0.680. The van der Waals surface area contributed by atoms with Gasteiger partial charge in [0.25, 0.3) is 0 Å². The maximum atomic E-state index is 12.1. The lowest BCUT2D eigenvalue weighted by atomic mass is 10.1. The molecule has 0 aliphatic rings. The lowest BCUT2D eigenvalue weighted by molar-refractivity contribution is 0.0960. The van der Waals surface area contributed by atoms with Crippen LogP contribution < -0.4 is 5.32 Å². The lowest BCUT2D eigenvalue weighted by Crippen LogP contribution is -2.29. The normalized spacial score (nSPS) is 12.8. The van der Waals surface area contributed by atoms with Crippen LogP contribution in [-0.4, -0.2) is 28.2 Å². The molecular weight excluding hydrogens is 270 g/mol. The van der Waals surface area contributed by atoms with Crippen molar-refractivity contribution in [3.05, 3.63) is 16.4 Å². The molecule has 0 spiro atoms. The number of halogens is 1. The van der Waals surface area contributed by atoms with Gasteiger partial charge in [0.2, 0.25) is 0 Å². The molecule has 0 saturated heterocycles. The summed E-state index contributed by atoms with van der Waals surface area (Å²) in [7, 11) is 0. The number of aromatic nitrogens is 2. The first-order valence-electron chi connectivity index (χ1n) is 5.58. The number of rotatable bonds is 6. The fourth-order valence-corrected chi connectivity index (χ4v) is 2.19. The summed E-state index contributed by atoms with van der Waals surface area (Å²) in [6, 6.07) is 0.199. The van der Waals surface area contributed by atoms with E-state index in [1.54, 1.807) is 10.9 Å². The molecule has 5 heteroatoms. The maximum absolute atomic E-state index is 12.1. The summed E-state index contributed by atoms with van der Waals surface area (Å²) in [4.78, 5) is 12.1. The highest BCUT2D eigenvalue weighted by atomic mass is 79.9. The van der Waals surface area contributed by atoms with Gasteiger partial charge in [-0.05, 0) is 36.3 Å². The van der Waals surface area contributed by atoms with Crippen LogP contribution in [0.2, 0.25) is 0 Å². The van der Waals surface area contributed by atoms with E-state index in [1.807, 2.05) is 20.8 Å². The molecule has 1 atom stereocenters. The second-order valence-electron chi connectivity index (χ2n) is 3.74. The van der Waals surface area contributed by atoms with Gasteiger partial charge < -0.3 is 5.32 Å². The van der Waals surface area contributed by atoms with Crippen molar-refractivity contribution in [1.82, 2.24) is 15.1 Å². The molecule has 4 nitrogen and oxygen atoms in total. The second-order valence-corrected chi connectivity index (χ2v) is 4.60. The molecule has 1 unspecified atom stereocenters. The Morgan fingerprint density at radius 3 is 2.88 bits per heavy atom. The molecule has 0 fully saturated rings. The van der Waals surface area contributed by atoms with Crippen molar-refractivity contribution in [2.24, 2.45) is 0 Å². The molecule has 0 bridgehead atoms. The number of hydrogen-bond acceptors (Lipinski definition) is 3. The summed E-state index contributed by atoms with van der Waals surface area (Å²) < 4.78 is 2.51. The van der Waals surface area contributed by atoms with E-state index in [-0.39, 0.29) is 11.8 Å². The van der Waals surface area contributed by atoms with Crippen LogP contribution >= 0.6 is 15.9 Å². The highest BCUT2D eigenvalue weighted by molar-refractivity contribution is 9.10. The summed E-state index contributed by atoms with van der Waals surface area (Å²) in [6.45, 7) is 7.62. The molecule has 0 amide bonds. The predicted molar refractivity (Wildman–Crippen MR) is 67.7 cm³/mol. The minimum atomic E-state index is 0.125. The third-order valence-electron chi connectivity index (χ3n) is 2.40. The third-order valence-corrected chi connectivity index (χ3v) is 2.98. The van der Waals surface area contributed by atoms with E-state index in [1.165, 1.54) is 0 Å². The Bertz CT molecular complexity index is 362. The Morgan fingerprint density at radius 1 is 1.62 bits per heavy atom. The molecule has 0 aromatic carbocycles. The van der Waals surface area contributed by atoms with Crippen LogP contribution in [0.1, 0.15) is 37.7 Å². The van der Waals surface area contributed by atoms with Crippen LogP contribution in [0.25, 0.3) is 0 Å². The Labute approximate surface area is 105 Å². The van der Waals surface area contributed by atoms with Crippen molar-refractivity contribution in [2.75, 3.05) is 6.54 Å². The average molecular weight is 288 g/mol. The van der Waals surface area contributed by atoms with Crippen LogP contribution in [-0.2, 0) is 6.54 Å². The SMILES string of the molecule is CCNC(C)CC(=O)c1c(Br)cnn1CC. The van der Waals surface area contributed by atoms with Gasteiger partial charge in [0.15, 0.2) is 5.78 Å². The zero-order valence-electron chi connectivity index (χ0n) is 9.96. The van der Waals surface area contributed by atoms with Gasteiger partial charge in [-0.2, -0.15) is 5.10 Å². The molecule has 0 saturated carbocycles. The van der Waals surface area contributed by atoms with Crippen molar-refractivity contribution in [2.45, 2.75) is 39.8 Å². The molecule has 1 aromatic rings. The van der Waals surface area contributed by atoms with E-state index in [9.17, 15) is 4.79 Å². The van der Waals surface area contributed by atoms with Crippen LogP contribution in [0.5, 0.6) is 0 Å². The number of nitrogens with zero attached hydrogens (tertiary/aromatic N) is 2. The molecular formula is C11H18BrN3O. The number of hydrogen-bond donors (Lipinski definition) is 1. The minimum Gasteiger partial charge on any atom is -0.314 e. The van der Waals surface area contributed by atoms with Gasteiger partial charge in [-0.15, -0.1) is 0 Å². The smallest absolute Gasteiger partial charge is 0.183 e. The molecule has 16 heavy (non-hydrogen) atoms. The van der Waals surface area contributed by atoms with Crippen molar-refractivity contribution in [3.63, 3.8) is 0 Å². The Morgan fingerprint density at radius 2 is 2.31 bits per heavy atom. The highest BCUT2D eigenvalue weighted by Gasteiger charge is 2.18. The van der Waals surface area contributed by atoms with Crippen LogP contribution in [0.4, 0.5) is 0 Å². The predicted octanol–water partition coefficient (Wildman–Crippen LogP) is 2.24. The minimum absolute atomic E-state index is 0.125. The number of carbonyl (C=O) groups excluding carboxylic acids is 1. The third kappa shape index (κ3) is 3.15. The van der Waals surface area contributed by atoms with Crippen molar-refractivity contribution in [3.8, 4) is 0 Å². The molecule has 1 rings (SSSR count). The van der Waals surface area contributed by atoms with Crippen molar-refractivity contribution >= 4 is 21.7 Å². The quantitative estimate of drug-likeness (QED) is 0.817. The molecule has 0 aliphatic heterocycles. The number of nitrogens with one attached hydrogen (secondary N) is 1. The van der Waals surface area contributed by atoms with E-state index < -0.39 is 0 Å². The number of ketones is 1. The van der Waals surface area contributed by atoms with Gasteiger partial charge in [-0.3, -0.25) is 9.48 Å². The highest BCUT2D eigenvalue weighted by Crippen LogP contribution is 2.18. The standard InChI is InChI=1S/C11H18BrN3O/c1-4-13-8(3)6-10(16)11-9(12)7-14-15(11)5-2/h7-8,13H,4-6H2,1-3H3. The van der Waals surface area contributed by atoms with Gasteiger partial charge >= 0.3 is 0 Å². The first-order valence-corrected chi connectivity index (χ1v) is 6.37. The van der Waals surface area contributed by atoms with Crippen LogP contribution in [0.15, 0.2) is 10.7 Å². The first-order chi connectivity index (χ1) is 7.60. The molecule has 1 heterocycles. The Balaban J connectivity index is 2.75. The van der Waals surface area contributed by atoms with Gasteiger partial charge in [0.05, 0.1) is 10.7 Å². The van der Waals surface area contributed by atoms with E-state index in [2.05, 4.69) is 26.3 Å². The first kappa shape index (κ1) is 13.4. The monoisotopic (exact) mass is 287 g/mol. The summed E-state index contributed by atoms with van der Waals surface area (Å²) in [5, 5.41) is 7.37. The second kappa shape index (κ2) is 6.15. The Kier molecular flexibility index (Phi) is 5.15. The number of aryl methyl sites for hydroxylation is 1. The molecule has 1 aromatic heterocycles. The van der Waals surface area contributed by atoms with Gasteiger partial charge in [0, 0.05) is 19.0 Å². The average Bonchev–Trinajstić information content (AvgIpc) is 2.59. The zero-order chi connectivity index (χ0) is 12.1. The lowest BCUT2D eigenvalue weighted by Gasteiger charge is -2.11. The molecule has 0 radical (unpaired) electrons. The number of carbonyl (C=O) groups is 1. The molecule has 90 valence electrons. The number of Topliss-reactive ketones (excluding diaryl/α,β-unsaturated/α-hetero) is 1. The summed E-state index contributed by atoms with van der Waals surface area (Å²) >= 11 is 3.36. The fraction of sp³-hybridized carbons (Fsp3) is 0.636. The van der Waals surface area contributed by atoms with Crippen LogP contribution in [0.3, 0.4) is 0 Å².